The zero-order valence-electron chi connectivity index (χ0n) is 13.0. The lowest BCUT2D eigenvalue weighted by molar-refractivity contribution is 0.0944. The second kappa shape index (κ2) is 6.80. The Bertz CT molecular complexity index is 688. The number of nitrogens with zero attached hydrogens (tertiary/aromatic N) is 3. The van der Waals surface area contributed by atoms with Crippen LogP contribution in [0.2, 0.25) is 0 Å². The summed E-state index contributed by atoms with van der Waals surface area (Å²) in [5.74, 6) is 0.452. The van der Waals surface area contributed by atoms with Crippen LogP contribution < -0.4 is 10.2 Å². The number of carbonyl (C=O) groups excluding carboxylic acids is 1. The molecule has 0 saturated heterocycles. The number of hydrogen-bond acceptors (Lipinski definition) is 5. The maximum atomic E-state index is 12.0. The van der Waals surface area contributed by atoms with Crippen LogP contribution in [0.4, 0.5) is 0 Å². The predicted octanol–water partition coefficient (Wildman–Crippen LogP) is 2.26. The van der Waals surface area contributed by atoms with Gasteiger partial charge in [-0.05, 0) is 56.7 Å². The van der Waals surface area contributed by atoms with Crippen LogP contribution in [-0.4, -0.2) is 28.7 Å². The summed E-state index contributed by atoms with van der Waals surface area (Å²) >= 11 is 0. The van der Waals surface area contributed by atoms with Crippen LogP contribution >= 0.6 is 0 Å². The number of aromatic nitrogens is 2. The minimum Gasteiger partial charge on any atom is -0.497 e. The summed E-state index contributed by atoms with van der Waals surface area (Å²) < 4.78 is 5.10. The molecule has 22 heavy (non-hydrogen) atoms. The normalized spacial score (nSPS) is 11.2. The summed E-state index contributed by atoms with van der Waals surface area (Å²) in [6, 6.07) is 9.23. The smallest absolute Gasteiger partial charge is 0.309 e. The Morgan fingerprint density at radius 2 is 1.73 bits per heavy atom. The maximum Gasteiger partial charge on any atom is 0.309 e. The second-order valence-corrected chi connectivity index (χ2v) is 4.84. The molecular weight excluding hydrogens is 280 g/mol. The van der Waals surface area contributed by atoms with Gasteiger partial charge < -0.3 is 4.74 Å². The van der Waals surface area contributed by atoms with Crippen LogP contribution in [0.15, 0.2) is 35.4 Å². The molecule has 2 aromatic rings. The number of rotatable bonds is 4. The van der Waals surface area contributed by atoms with Gasteiger partial charge in [-0.1, -0.05) is 0 Å². The van der Waals surface area contributed by atoms with Gasteiger partial charge in [-0.2, -0.15) is 5.10 Å². The first-order chi connectivity index (χ1) is 10.5. The van der Waals surface area contributed by atoms with E-state index in [4.69, 9.17) is 4.74 Å². The highest BCUT2D eigenvalue weighted by Crippen LogP contribution is 2.11. The van der Waals surface area contributed by atoms with Crippen molar-refractivity contribution in [1.29, 1.82) is 0 Å². The van der Waals surface area contributed by atoms with Gasteiger partial charge in [0.15, 0.2) is 0 Å². The standard InChI is InChI=1S/C16H18N4O2/c1-10-9-11(2)18-15(17-10)16(21)20-19-12(3)13-5-7-14(22-4)8-6-13/h5-9H,1-4H3,(H,20,21)/b19-12+. The van der Waals surface area contributed by atoms with Crippen LogP contribution in [0.25, 0.3) is 0 Å². The third-order valence-corrected chi connectivity index (χ3v) is 3.02. The first-order valence-electron chi connectivity index (χ1n) is 6.81. The minimum atomic E-state index is -0.431. The Hall–Kier alpha value is -2.76. The topological polar surface area (TPSA) is 76.5 Å². The Kier molecular flexibility index (Phi) is 4.83. The van der Waals surface area contributed by atoms with Crippen molar-refractivity contribution in [2.75, 3.05) is 7.11 Å². The summed E-state index contributed by atoms with van der Waals surface area (Å²) in [7, 11) is 1.61. The Labute approximate surface area is 129 Å². The fraction of sp³-hybridized carbons (Fsp3) is 0.250. The van der Waals surface area contributed by atoms with E-state index in [0.29, 0.717) is 5.71 Å². The zero-order chi connectivity index (χ0) is 16.1. The van der Waals surface area contributed by atoms with Crippen LogP contribution in [-0.2, 0) is 0 Å². The molecule has 0 aliphatic rings. The molecule has 6 heteroatoms. The molecule has 0 aliphatic carbocycles. The monoisotopic (exact) mass is 298 g/mol. The fourth-order valence-electron chi connectivity index (χ4n) is 1.91. The highest BCUT2D eigenvalue weighted by molar-refractivity contribution is 6.00. The van der Waals surface area contributed by atoms with Crippen molar-refractivity contribution in [2.24, 2.45) is 5.10 Å². The van der Waals surface area contributed by atoms with Gasteiger partial charge in [0.25, 0.3) is 0 Å². The molecule has 0 fully saturated rings. The van der Waals surface area contributed by atoms with Crippen LogP contribution in [0.1, 0.15) is 34.5 Å². The lowest BCUT2D eigenvalue weighted by atomic mass is 10.1. The molecule has 0 unspecified atom stereocenters. The lowest BCUT2D eigenvalue weighted by Crippen LogP contribution is -2.22. The summed E-state index contributed by atoms with van der Waals surface area (Å²) in [5.41, 5.74) is 5.53. The van der Waals surface area contributed by atoms with Crippen molar-refractivity contribution < 1.29 is 9.53 Å². The molecule has 0 bridgehead atoms. The number of ether oxygens (including phenoxy) is 1. The molecule has 1 heterocycles. The average Bonchev–Trinajstić information content (AvgIpc) is 2.51. The van der Waals surface area contributed by atoms with Crippen LogP contribution in [0, 0.1) is 13.8 Å². The molecular formula is C16H18N4O2. The van der Waals surface area contributed by atoms with Crippen molar-refractivity contribution in [2.45, 2.75) is 20.8 Å². The van der Waals surface area contributed by atoms with E-state index in [1.165, 1.54) is 0 Å². The molecule has 0 atom stereocenters. The highest BCUT2D eigenvalue weighted by Gasteiger charge is 2.09. The molecule has 6 nitrogen and oxygen atoms in total. The van der Waals surface area contributed by atoms with Gasteiger partial charge in [0.2, 0.25) is 5.82 Å². The Balaban J connectivity index is 2.10. The molecule has 0 spiro atoms. The fourth-order valence-corrected chi connectivity index (χ4v) is 1.91. The maximum absolute atomic E-state index is 12.0. The van der Waals surface area contributed by atoms with Crippen LogP contribution in [0.3, 0.4) is 0 Å². The number of methoxy groups -OCH3 is 1. The SMILES string of the molecule is COc1ccc(/C(C)=N/NC(=O)c2nc(C)cc(C)n2)cc1. The van der Waals surface area contributed by atoms with Crippen LogP contribution in [0.5, 0.6) is 5.75 Å². The van der Waals surface area contributed by atoms with Gasteiger partial charge in [0.1, 0.15) is 5.75 Å². The van der Waals surface area contributed by atoms with Crippen molar-refractivity contribution in [3.05, 3.63) is 53.1 Å². The molecule has 1 aromatic heterocycles. The number of aryl methyl sites for hydroxylation is 2. The summed E-state index contributed by atoms with van der Waals surface area (Å²) in [6.45, 7) is 5.44. The number of amides is 1. The molecule has 0 aliphatic heterocycles. The van der Waals surface area contributed by atoms with Gasteiger partial charge in [-0.15, -0.1) is 0 Å². The van der Waals surface area contributed by atoms with Gasteiger partial charge in [0.05, 0.1) is 12.8 Å². The highest BCUT2D eigenvalue weighted by atomic mass is 16.5. The third-order valence-electron chi connectivity index (χ3n) is 3.02. The van der Waals surface area contributed by atoms with E-state index in [-0.39, 0.29) is 5.82 Å². The molecule has 2 rings (SSSR count). The van der Waals surface area contributed by atoms with Gasteiger partial charge in [0, 0.05) is 11.4 Å². The average molecular weight is 298 g/mol. The van der Waals surface area contributed by atoms with E-state index in [9.17, 15) is 4.79 Å². The van der Waals surface area contributed by atoms with Crippen molar-refractivity contribution in [3.63, 3.8) is 0 Å². The number of benzene rings is 1. The summed E-state index contributed by atoms with van der Waals surface area (Å²) in [4.78, 5) is 20.2. The van der Waals surface area contributed by atoms with E-state index in [2.05, 4.69) is 20.5 Å². The minimum absolute atomic E-state index is 0.115. The van der Waals surface area contributed by atoms with E-state index in [1.807, 2.05) is 51.1 Å². The summed E-state index contributed by atoms with van der Waals surface area (Å²) in [6.07, 6.45) is 0. The van der Waals surface area contributed by atoms with Crippen molar-refractivity contribution >= 4 is 11.6 Å². The van der Waals surface area contributed by atoms with Gasteiger partial charge in [-0.25, -0.2) is 15.4 Å². The zero-order valence-corrected chi connectivity index (χ0v) is 13.0. The van der Waals surface area contributed by atoms with E-state index >= 15 is 0 Å². The molecule has 1 aromatic carbocycles. The molecule has 1 amide bonds. The van der Waals surface area contributed by atoms with E-state index in [0.717, 1.165) is 22.7 Å². The Morgan fingerprint density at radius 3 is 2.27 bits per heavy atom. The first-order valence-corrected chi connectivity index (χ1v) is 6.81. The number of hydrazone groups is 1. The lowest BCUT2D eigenvalue weighted by Gasteiger charge is -2.05. The third kappa shape index (κ3) is 3.88. The second-order valence-electron chi connectivity index (χ2n) is 4.84. The number of carbonyl (C=O) groups is 1. The quantitative estimate of drug-likeness (QED) is 0.694. The molecule has 114 valence electrons. The number of nitrogens with one attached hydrogen (secondary N) is 1. The van der Waals surface area contributed by atoms with E-state index < -0.39 is 5.91 Å². The van der Waals surface area contributed by atoms with Gasteiger partial charge in [-0.3, -0.25) is 4.79 Å². The first kappa shape index (κ1) is 15.6. The summed E-state index contributed by atoms with van der Waals surface area (Å²) in [5, 5.41) is 4.08. The Morgan fingerprint density at radius 1 is 1.14 bits per heavy atom. The number of hydrogen-bond donors (Lipinski definition) is 1. The van der Waals surface area contributed by atoms with E-state index in [1.54, 1.807) is 7.11 Å². The largest absolute Gasteiger partial charge is 0.497 e. The van der Waals surface area contributed by atoms with Crippen molar-refractivity contribution in [1.82, 2.24) is 15.4 Å². The molecule has 0 saturated carbocycles. The molecule has 0 radical (unpaired) electrons. The molecule has 1 N–H and O–H groups in total. The van der Waals surface area contributed by atoms with Crippen molar-refractivity contribution in [3.8, 4) is 5.75 Å². The predicted molar refractivity (Wildman–Crippen MR) is 84.2 cm³/mol. The van der Waals surface area contributed by atoms with Gasteiger partial charge >= 0.3 is 5.91 Å².